The molecule has 154 valence electrons. The van der Waals surface area contributed by atoms with Crippen molar-refractivity contribution in [3.8, 4) is 5.75 Å². The molecule has 1 aliphatic heterocycles. The monoisotopic (exact) mass is 414 g/mol. The fraction of sp³-hybridized carbons (Fsp3) is 0.391. The lowest BCUT2D eigenvalue weighted by Crippen LogP contribution is -2.46. The molecule has 0 bridgehead atoms. The number of hydrogen-bond acceptors (Lipinski definition) is 3. The number of carbonyl (C=O) groups excluding carboxylic acids is 2. The van der Waals surface area contributed by atoms with E-state index >= 15 is 0 Å². The Morgan fingerprint density at radius 1 is 1.14 bits per heavy atom. The van der Waals surface area contributed by atoms with Gasteiger partial charge in [0.05, 0.1) is 0 Å². The molecule has 0 aliphatic carbocycles. The third-order valence-electron chi connectivity index (χ3n) is 5.14. The predicted octanol–water partition coefficient (Wildman–Crippen LogP) is 3.70. The number of nitrogens with one attached hydrogen (secondary N) is 1. The molecule has 1 fully saturated rings. The third-order valence-corrected chi connectivity index (χ3v) is 5.38. The van der Waals surface area contributed by atoms with E-state index in [4.69, 9.17) is 16.3 Å². The summed E-state index contributed by atoms with van der Waals surface area (Å²) in [5, 5.41) is 3.80. The molecule has 1 saturated heterocycles. The van der Waals surface area contributed by atoms with Crippen LogP contribution in [0.15, 0.2) is 54.6 Å². The zero-order valence-corrected chi connectivity index (χ0v) is 17.4. The van der Waals surface area contributed by atoms with E-state index in [1.165, 1.54) is 0 Å². The molecule has 1 aliphatic rings. The van der Waals surface area contributed by atoms with Crippen LogP contribution in [0, 0.1) is 5.92 Å². The fourth-order valence-electron chi connectivity index (χ4n) is 3.57. The van der Waals surface area contributed by atoms with E-state index in [9.17, 15) is 9.59 Å². The number of piperidine rings is 1. The smallest absolute Gasteiger partial charge is 0.260 e. The molecule has 5 nitrogen and oxygen atoms in total. The molecule has 0 radical (unpaired) electrons. The summed E-state index contributed by atoms with van der Waals surface area (Å²) in [7, 11) is 0. The van der Waals surface area contributed by atoms with Crippen LogP contribution in [0.25, 0.3) is 0 Å². The molecule has 2 amide bonds. The minimum atomic E-state index is -0.0593. The highest BCUT2D eigenvalue weighted by molar-refractivity contribution is 6.30. The van der Waals surface area contributed by atoms with Crippen molar-refractivity contribution >= 4 is 23.4 Å². The van der Waals surface area contributed by atoms with Crippen LogP contribution >= 0.6 is 11.6 Å². The molecule has 1 heterocycles. The number of benzene rings is 2. The molecule has 6 heteroatoms. The molecule has 1 N–H and O–H groups in total. The molecule has 3 rings (SSSR count). The van der Waals surface area contributed by atoms with Crippen molar-refractivity contribution in [1.82, 2.24) is 10.2 Å². The van der Waals surface area contributed by atoms with E-state index in [-0.39, 0.29) is 30.4 Å². The maximum Gasteiger partial charge on any atom is 0.260 e. The number of likely N-dealkylation sites (tertiary alicyclic amines) is 1. The molecule has 0 saturated carbocycles. The van der Waals surface area contributed by atoms with E-state index < -0.39 is 0 Å². The summed E-state index contributed by atoms with van der Waals surface area (Å²) in [5.74, 6) is 0.647. The Kier molecular flexibility index (Phi) is 7.53. The third kappa shape index (κ3) is 6.50. The van der Waals surface area contributed by atoms with Crippen LogP contribution < -0.4 is 10.1 Å². The number of amides is 2. The quantitative estimate of drug-likeness (QED) is 0.751. The summed E-state index contributed by atoms with van der Waals surface area (Å²) in [6.07, 6.45) is 2.08. The van der Waals surface area contributed by atoms with Gasteiger partial charge in [0, 0.05) is 30.1 Å². The second-order valence-corrected chi connectivity index (χ2v) is 7.94. The van der Waals surface area contributed by atoms with Crippen LogP contribution in [0.3, 0.4) is 0 Å². The van der Waals surface area contributed by atoms with Gasteiger partial charge in [-0.25, -0.2) is 0 Å². The Balaban J connectivity index is 1.40. The first kappa shape index (κ1) is 21.2. The van der Waals surface area contributed by atoms with Gasteiger partial charge in [-0.2, -0.15) is 0 Å². The SMILES string of the molecule is C[C@H](Cc1cccc(Cl)c1)NC(=O)C1CCN(C(=O)COc2ccccc2)CC1. The van der Waals surface area contributed by atoms with Gasteiger partial charge in [-0.3, -0.25) is 9.59 Å². The largest absolute Gasteiger partial charge is 0.484 e. The van der Waals surface area contributed by atoms with Gasteiger partial charge in [0.25, 0.3) is 5.91 Å². The van der Waals surface area contributed by atoms with Crippen molar-refractivity contribution in [2.24, 2.45) is 5.92 Å². The van der Waals surface area contributed by atoms with Crippen molar-refractivity contribution in [2.45, 2.75) is 32.2 Å². The topological polar surface area (TPSA) is 58.6 Å². The number of para-hydroxylation sites is 1. The van der Waals surface area contributed by atoms with E-state index in [0.29, 0.717) is 36.7 Å². The van der Waals surface area contributed by atoms with Gasteiger partial charge in [-0.1, -0.05) is 41.9 Å². The number of carbonyl (C=O) groups is 2. The summed E-state index contributed by atoms with van der Waals surface area (Å²) < 4.78 is 5.53. The number of halogens is 1. The van der Waals surface area contributed by atoms with Crippen molar-refractivity contribution in [2.75, 3.05) is 19.7 Å². The second kappa shape index (κ2) is 10.3. The second-order valence-electron chi connectivity index (χ2n) is 7.50. The summed E-state index contributed by atoms with van der Waals surface area (Å²) >= 11 is 6.02. The average molecular weight is 415 g/mol. The van der Waals surface area contributed by atoms with Gasteiger partial charge < -0.3 is 15.0 Å². The van der Waals surface area contributed by atoms with Crippen LogP contribution in [0.5, 0.6) is 5.75 Å². The Morgan fingerprint density at radius 3 is 2.55 bits per heavy atom. The summed E-state index contributed by atoms with van der Waals surface area (Å²) in [5.41, 5.74) is 1.10. The lowest BCUT2D eigenvalue weighted by atomic mass is 9.95. The number of hydrogen-bond donors (Lipinski definition) is 1. The molecule has 2 aromatic carbocycles. The van der Waals surface area contributed by atoms with Gasteiger partial charge in [-0.05, 0) is 56.0 Å². The summed E-state index contributed by atoms with van der Waals surface area (Å²) in [6, 6.07) is 17.0. The van der Waals surface area contributed by atoms with E-state index in [1.807, 2.05) is 61.5 Å². The highest BCUT2D eigenvalue weighted by Crippen LogP contribution is 2.19. The van der Waals surface area contributed by atoms with E-state index in [1.54, 1.807) is 4.90 Å². The van der Waals surface area contributed by atoms with Crippen molar-refractivity contribution in [3.63, 3.8) is 0 Å². The summed E-state index contributed by atoms with van der Waals surface area (Å²) in [4.78, 5) is 26.7. The maximum absolute atomic E-state index is 12.6. The lowest BCUT2D eigenvalue weighted by Gasteiger charge is -2.32. The molecular weight excluding hydrogens is 388 g/mol. The standard InChI is InChI=1S/C23H27ClN2O3/c1-17(14-18-6-5-7-20(24)15-18)25-23(28)19-10-12-26(13-11-19)22(27)16-29-21-8-3-2-4-9-21/h2-9,15,17,19H,10-14,16H2,1H3,(H,25,28)/t17-/m1/s1. The Morgan fingerprint density at radius 2 is 1.86 bits per heavy atom. The van der Waals surface area contributed by atoms with E-state index in [0.717, 1.165) is 12.0 Å². The highest BCUT2D eigenvalue weighted by atomic mass is 35.5. The molecule has 0 spiro atoms. The van der Waals surface area contributed by atoms with Crippen molar-refractivity contribution < 1.29 is 14.3 Å². The Labute approximate surface area is 177 Å². The van der Waals surface area contributed by atoms with Crippen LogP contribution in [-0.4, -0.2) is 42.5 Å². The summed E-state index contributed by atoms with van der Waals surface area (Å²) in [6.45, 7) is 3.19. The number of nitrogens with zero attached hydrogens (tertiary/aromatic N) is 1. The first-order valence-corrected chi connectivity index (χ1v) is 10.4. The molecular formula is C23H27ClN2O3. The van der Waals surface area contributed by atoms with Crippen LogP contribution in [0.2, 0.25) is 5.02 Å². The van der Waals surface area contributed by atoms with Gasteiger partial charge in [0.2, 0.25) is 5.91 Å². The van der Waals surface area contributed by atoms with Crippen molar-refractivity contribution in [3.05, 3.63) is 65.2 Å². The number of rotatable bonds is 7. The van der Waals surface area contributed by atoms with Gasteiger partial charge in [0.15, 0.2) is 6.61 Å². The van der Waals surface area contributed by atoms with Crippen LogP contribution in [-0.2, 0) is 16.0 Å². The predicted molar refractivity (Wildman–Crippen MR) is 114 cm³/mol. The van der Waals surface area contributed by atoms with Crippen molar-refractivity contribution in [1.29, 1.82) is 0 Å². The molecule has 0 unspecified atom stereocenters. The number of ether oxygens (including phenoxy) is 1. The van der Waals surface area contributed by atoms with Crippen LogP contribution in [0.4, 0.5) is 0 Å². The van der Waals surface area contributed by atoms with E-state index in [2.05, 4.69) is 5.32 Å². The maximum atomic E-state index is 12.6. The first-order valence-electron chi connectivity index (χ1n) is 10.0. The Hall–Kier alpha value is -2.53. The lowest BCUT2D eigenvalue weighted by molar-refractivity contribution is -0.137. The van der Waals surface area contributed by atoms with Crippen LogP contribution in [0.1, 0.15) is 25.3 Å². The minimum Gasteiger partial charge on any atom is -0.484 e. The fourth-order valence-corrected chi connectivity index (χ4v) is 3.79. The minimum absolute atomic E-state index is 0.0253. The van der Waals surface area contributed by atoms with Gasteiger partial charge in [0.1, 0.15) is 5.75 Å². The zero-order valence-electron chi connectivity index (χ0n) is 16.6. The first-order chi connectivity index (χ1) is 14.0. The molecule has 2 aromatic rings. The normalized spacial score (nSPS) is 15.6. The molecule has 0 aromatic heterocycles. The average Bonchev–Trinajstić information content (AvgIpc) is 2.72. The molecule has 1 atom stereocenters. The highest BCUT2D eigenvalue weighted by Gasteiger charge is 2.28. The Bertz CT molecular complexity index is 820. The zero-order chi connectivity index (χ0) is 20.6. The molecule has 29 heavy (non-hydrogen) atoms. The van der Waals surface area contributed by atoms with Gasteiger partial charge >= 0.3 is 0 Å². The van der Waals surface area contributed by atoms with Gasteiger partial charge in [-0.15, -0.1) is 0 Å².